The number of hydrogen-bond donors (Lipinski definition) is 2. The molecule has 1 rings (SSSR count). The molecule has 0 aromatic heterocycles. The van der Waals surface area contributed by atoms with Crippen LogP contribution in [0, 0.1) is 18.6 Å². The van der Waals surface area contributed by atoms with E-state index in [1.165, 1.54) is 13.8 Å². The van der Waals surface area contributed by atoms with Crippen LogP contribution in [0.1, 0.15) is 24.5 Å². The number of nitrogens with one attached hydrogen (secondary N) is 1. The van der Waals surface area contributed by atoms with Gasteiger partial charge in [-0.2, -0.15) is 0 Å². The fourth-order valence-corrected chi connectivity index (χ4v) is 1.85. The van der Waals surface area contributed by atoms with Gasteiger partial charge >= 0.3 is 5.97 Å². The van der Waals surface area contributed by atoms with E-state index in [1.807, 2.05) is 0 Å². The van der Waals surface area contributed by atoms with Crippen LogP contribution in [0.5, 0.6) is 0 Å². The van der Waals surface area contributed by atoms with Gasteiger partial charge in [-0.25, -0.2) is 13.6 Å². The molecule has 0 aliphatic carbocycles. The van der Waals surface area contributed by atoms with E-state index in [0.29, 0.717) is 6.42 Å². The van der Waals surface area contributed by atoms with E-state index in [-0.39, 0.29) is 24.2 Å². The van der Waals surface area contributed by atoms with Crippen molar-refractivity contribution in [3.8, 4) is 0 Å². The Labute approximate surface area is 120 Å². The molecule has 0 aliphatic rings. The van der Waals surface area contributed by atoms with Crippen molar-refractivity contribution in [1.82, 2.24) is 5.32 Å². The minimum absolute atomic E-state index is 0.104. The number of benzene rings is 1. The fraction of sp³-hybridized carbons (Fsp3) is 0.462. The maximum absolute atomic E-state index is 14.0. The molecule has 6 nitrogen and oxygen atoms in total. The Kier molecular flexibility index (Phi) is 5.63. The Hall–Kier alpha value is -2.18. The molecule has 21 heavy (non-hydrogen) atoms. The van der Waals surface area contributed by atoms with Gasteiger partial charge in [-0.05, 0) is 50.0 Å². The number of halogens is 2. The molecule has 114 valence electrons. The third-order valence-electron chi connectivity index (χ3n) is 3.19. The topological polar surface area (TPSA) is 98.1 Å². The second-order valence-electron chi connectivity index (χ2n) is 4.75. The summed E-state index contributed by atoms with van der Waals surface area (Å²) in [5, 5.41) is 15.3. The monoisotopic (exact) mass is 298 g/mol. The molecule has 0 aliphatic heterocycles. The third-order valence-corrected chi connectivity index (χ3v) is 3.19. The second-order valence-corrected chi connectivity index (χ2v) is 4.75. The number of rotatable bonds is 7. The molecule has 0 saturated heterocycles. The molecule has 1 unspecified atom stereocenters. The first-order valence-electron chi connectivity index (χ1n) is 6.28. The van der Waals surface area contributed by atoms with Crippen LogP contribution in [0.25, 0.3) is 10.4 Å². The summed E-state index contributed by atoms with van der Waals surface area (Å²) in [5.41, 5.74) is 6.20. The van der Waals surface area contributed by atoms with E-state index in [1.54, 1.807) is 0 Å². The van der Waals surface area contributed by atoms with Crippen LogP contribution in [0.2, 0.25) is 0 Å². The minimum atomic E-state index is -1.77. The molecule has 0 spiro atoms. The summed E-state index contributed by atoms with van der Waals surface area (Å²) >= 11 is 0. The van der Waals surface area contributed by atoms with Crippen molar-refractivity contribution < 1.29 is 18.7 Å². The van der Waals surface area contributed by atoms with Crippen molar-refractivity contribution in [2.45, 2.75) is 25.8 Å². The number of aryl methyl sites for hydroxylation is 1. The first kappa shape index (κ1) is 16.9. The van der Waals surface area contributed by atoms with E-state index < -0.39 is 23.1 Å². The predicted molar refractivity (Wildman–Crippen MR) is 72.7 cm³/mol. The highest BCUT2D eigenvalue weighted by Gasteiger charge is 2.37. The third kappa shape index (κ3) is 3.90. The van der Waals surface area contributed by atoms with E-state index in [0.717, 1.165) is 12.1 Å². The van der Waals surface area contributed by atoms with Crippen molar-refractivity contribution in [2.75, 3.05) is 13.1 Å². The Balaban J connectivity index is 3.02. The van der Waals surface area contributed by atoms with Gasteiger partial charge < -0.3 is 5.11 Å². The Morgan fingerprint density at radius 2 is 2.14 bits per heavy atom. The van der Waals surface area contributed by atoms with E-state index in [4.69, 9.17) is 5.53 Å². The number of carboxylic acids is 1. The predicted octanol–water partition coefficient (Wildman–Crippen LogP) is 2.86. The summed E-state index contributed by atoms with van der Waals surface area (Å²) in [6.07, 6.45) is 0.378. The Morgan fingerprint density at radius 1 is 1.48 bits per heavy atom. The molecule has 2 N–H and O–H groups in total. The molecule has 1 aromatic carbocycles. The van der Waals surface area contributed by atoms with Crippen LogP contribution >= 0.6 is 0 Å². The normalized spacial score (nSPS) is 13.3. The lowest BCUT2D eigenvalue weighted by molar-refractivity contribution is -0.144. The van der Waals surface area contributed by atoms with Gasteiger partial charge in [0.2, 0.25) is 0 Å². The molecule has 0 fully saturated rings. The van der Waals surface area contributed by atoms with Crippen molar-refractivity contribution >= 4 is 5.97 Å². The summed E-state index contributed by atoms with van der Waals surface area (Å²) in [6.45, 7) is 3.02. The maximum atomic E-state index is 14.0. The molecule has 0 radical (unpaired) electrons. The average molecular weight is 298 g/mol. The zero-order valence-corrected chi connectivity index (χ0v) is 11.7. The van der Waals surface area contributed by atoms with Crippen molar-refractivity contribution in [1.29, 1.82) is 0 Å². The first-order chi connectivity index (χ1) is 9.82. The molecular formula is C13H16F2N4O2. The van der Waals surface area contributed by atoms with Crippen molar-refractivity contribution in [3.05, 3.63) is 45.3 Å². The quantitative estimate of drug-likeness (QED) is 0.350. The van der Waals surface area contributed by atoms with E-state index >= 15 is 0 Å². The zero-order chi connectivity index (χ0) is 16.0. The molecule has 0 saturated carbocycles. The lowest BCUT2D eigenvalue weighted by atomic mass is 9.90. The number of carboxylic acid groups (broad SMARTS) is 1. The van der Waals surface area contributed by atoms with E-state index in [2.05, 4.69) is 15.3 Å². The highest BCUT2D eigenvalue weighted by molar-refractivity contribution is 5.80. The highest BCUT2D eigenvalue weighted by atomic mass is 19.1. The second kappa shape index (κ2) is 7.01. The molecule has 0 heterocycles. The maximum Gasteiger partial charge on any atom is 0.328 e. The zero-order valence-electron chi connectivity index (χ0n) is 11.7. The number of hydrogen-bond acceptors (Lipinski definition) is 3. The van der Waals surface area contributed by atoms with Crippen LogP contribution in [-0.4, -0.2) is 24.2 Å². The van der Waals surface area contributed by atoms with Crippen LogP contribution in [0.3, 0.4) is 0 Å². The van der Waals surface area contributed by atoms with Crippen LogP contribution in [0.4, 0.5) is 8.78 Å². The van der Waals surface area contributed by atoms with Crippen LogP contribution < -0.4 is 5.32 Å². The van der Waals surface area contributed by atoms with Gasteiger partial charge in [0.1, 0.15) is 17.2 Å². The summed E-state index contributed by atoms with van der Waals surface area (Å²) in [6, 6.07) is 1.85. The fourth-order valence-electron chi connectivity index (χ4n) is 1.85. The summed E-state index contributed by atoms with van der Waals surface area (Å²) < 4.78 is 27.6. The molecule has 1 atom stereocenters. The molecule has 0 amide bonds. The lowest BCUT2D eigenvalue weighted by Crippen LogP contribution is -2.48. The van der Waals surface area contributed by atoms with Gasteiger partial charge in [-0.3, -0.25) is 5.32 Å². The van der Waals surface area contributed by atoms with Gasteiger partial charge in [0.15, 0.2) is 0 Å². The SMILES string of the molecule is Cc1cc(F)c(C(C)(NCCCN=[N+]=[N-])C(=O)O)cc1F. The van der Waals surface area contributed by atoms with Crippen LogP contribution in [0.15, 0.2) is 17.2 Å². The summed E-state index contributed by atoms with van der Waals surface area (Å²) in [5.74, 6) is -2.79. The van der Waals surface area contributed by atoms with E-state index in [9.17, 15) is 18.7 Å². The summed E-state index contributed by atoms with van der Waals surface area (Å²) in [7, 11) is 0. The molecule has 1 aromatic rings. The van der Waals surface area contributed by atoms with Gasteiger partial charge in [0.25, 0.3) is 0 Å². The Bertz CT molecular complexity index is 588. The number of carbonyl (C=O) groups is 1. The number of aliphatic carboxylic acids is 1. The smallest absolute Gasteiger partial charge is 0.328 e. The van der Waals surface area contributed by atoms with Crippen LogP contribution in [-0.2, 0) is 10.3 Å². The average Bonchev–Trinajstić information content (AvgIpc) is 2.42. The van der Waals surface area contributed by atoms with Crippen molar-refractivity contribution in [2.24, 2.45) is 5.11 Å². The minimum Gasteiger partial charge on any atom is -0.480 e. The van der Waals surface area contributed by atoms with Crippen molar-refractivity contribution in [3.63, 3.8) is 0 Å². The lowest BCUT2D eigenvalue weighted by Gasteiger charge is -2.27. The van der Waals surface area contributed by atoms with Gasteiger partial charge in [-0.15, -0.1) is 0 Å². The van der Waals surface area contributed by atoms with Gasteiger partial charge in [-0.1, -0.05) is 5.11 Å². The standard InChI is InChI=1S/C13H16F2N4O2/c1-8-6-11(15)9(7-10(8)14)13(2,12(20)21)17-4-3-5-18-19-16/h6-7,17H,3-5H2,1-2H3,(H,20,21). The Morgan fingerprint density at radius 3 is 2.71 bits per heavy atom. The van der Waals surface area contributed by atoms with Gasteiger partial charge in [0, 0.05) is 17.0 Å². The molecule has 8 heteroatoms. The highest BCUT2D eigenvalue weighted by Crippen LogP contribution is 2.26. The molecule has 0 bridgehead atoms. The number of azide groups is 1. The number of nitrogens with zero attached hydrogens (tertiary/aromatic N) is 3. The first-order valence-corrected chi connectivity index (χ1v) is 6.28. The molecular weight excluding hydrogens is 282 g/mol. The van der Waals surface area contributed by atoms with Gasteiger partial charge in [0.05, 0.1) is 0 Å². The largest absolute Gasteiger partial charge is 0.480 e. The summed E-state index contributed by atoms with van der Waals surface area (Å²) in [4.78, 5) is 14.0.